The molecular formula is C14H19Br. The van der Waals surface area contributed by atoms with Gasteiger partial charge in [0, 0.05) is 4.47 Å². The largest absolute Gasteiger partial charge is 0.0544 e. The predicted octanol–water partition coefficient (Wildman–Crippen LogP) is 5.11. The molecule has 1 aromatic rings. The van der Waals surface area contributed by atoms with Crippen LogP contribution in [0, 0.1) is 13.8 Å². The quantitative estimate of drug-likeness (QED) is 0.663. The minimum Gasteiger partial charge on any atom is -0.0544 e. The van der Waals surface area contributed by atoms with Gasteiger partial charge >= 0.3 is 0 Å². The van der Waals surface area contributed by atoms with E-state index in [4.69, 9.17) is 0 Å². The minimum atomic E-state index is 0.825. The van der Waals surface area contributed by atoms with E-state index >= 15 is 0 Å². The Morgan fingerprint density at radius 1 is 1.00 bits per heavy atom. The molecule has 0 saturated heterocycles. The Labute approximate surface area is 101 Å². The summed E-state index contributed by atoms with van der Waals surface area (Å²) in [5, 5.41) is 0. The number of aryl methyl sites for hydroxylation is 2. The van der Waals surface area contributed by atoms with Crippen LogP contribution in [-0.4, -0.2) is 0 Å². The first-order chi connectivity index (χ1) is 7.18. The summed E-state index contributed by atoms with van der Waals surface area (Å²) < 4.78 is 1.25. The maximum Gasteiger partial charge on any atom is 0.0207 e. The lowest BCUT2D eigenvalue weighted by Crippen LogP contribution is -2.06. The normalized spacial score (nSPS) is 18.1. The van der Waals surface area contributed by atoms with Gasteiger partial charge in [-0.25, -0.2) is 0 Å². The van der Waals surface area contributed by atoms with Crippen molar-refractivity contribution < 1.29 is 0 Å². The van der Waals surface area contributed by atoms with Gasteiger partial charge in [0.05, 0.1) is 0 Å². The molecule has 0 bridgehead atoms. The second kappa shape index (κ2) is 4.69. The van der Waals surface area contributed by atoms with Crippen LogP contribution in [-0.2, 0) is 0 Å². The van der Waals surface area contributed by atoms with Gasteiger partial charge in [-0.3, -0.25) is 0 Å². The molecular weight excluding hydrogens is 248 g/mol. The molecule has 0 heterocycles. The fourth-order valence-electron chi connectivity index (χ4n) is 2.66. The number of halogens is 1. The first-order valence-electron chi connectivity index (χ1n) is 5.95. The molecule has 0 spiro atoms. The van der Waals surface area contributed by atoms with Crippen molar-refractivity contribution in [3.05, 3.63) is 33.3 Å². The zero-order valence-corrected chi connectivity index (χ0v) is 11.2. The van der Waals surface area contributed by atoms with Crippen LogP contribution in [0.15, 0.2) is 16.6 Å². The highest BCUT2D eigenvalue weighted by Crippen LogP contribution is 2.36. The lowest BCUT2D eigenvalue weighted by Gasteiger charge is -2.24. The third-order valence-corrected chi connectivity index (χ3v) is 4.45. The number of benzene rings is 1. The number of hydrogen-bond donors (Lipinski definition) is 0. The molecule has 0 N–H and O–H groups in total. The SMILES string of the molecule is Cc1cc(C2CCCCC2)c(C)cc1Br. The standard InChI is InChI=1S/C14H19Br/c1-10-9-14(15)11(2)8-13(10)12-6-4-3-5-7-12/h8-9,12H,3-7H2,1-2H3. The first-order valence-corrected chi connectivity index (χ1v) is 6.74. The van der Waals surface area contributed by atoms with E-state index in [1.54, 1.807) is 5.56 Å². The Kier molecular flexibility index (Phi) is 3.50. The van der Waals surface area contributed by atoms with E-state index in [1.807, 2.05) is 0 Å². The molecule has 15 heavy (non-hydrogen) atoms. The van der Waals surface area contributed by atoms with Crippen LogP contribution in [0.3, 0.4) is 0 Å². The summed E-state index contributed by atoms with van der Waals surface area (Å²) in [6, 6.07) is 4.66. The van der Waals surface area contributed by atoms with Gasteiger partial charge in [0.25, 0.3) is 0 Å². The Balaban J connectivity index is 2.30. The Morgan fingerprint density at radius 3 is 2.33 bits per heavy atom. The van der Waals surface area contributed by atoms with E-state index in [9.17, 15) is 0 Å². The lowest BCUT2D eigenvalue weighted by atomic mass is 9.82. The van der Waals surface area contributed by atoms with Gasteiger partial charge in [-0.05, 0) is 55.4 Å². The molecule has 0 amide bonds. The molecule has 1 aliphatic rings. The van der Waals surface area contributed by atoms with Crippen molar-refractivity contribution in [3.8, 4) is 0 Å². The predicted molar refractivity (Wildman–Crippen MR) is 69.4 cm³/mol. The maximum atomic E-state index is 3.60. The van der Waals surface area contributed by atoms with Crippen molar-refractivity contribution >= 4 is 15.9 Å². The van der Waals surface area contributed by atoms with E-state index < -0.39 is 0 Å². The van der Waals surface area contributed by atoms with Gasteiger partial charge in [-0.15, -0.1) is 0 Å². The lowest BCUT2D eigenvalue weighted by molar-refractivity contribution is 0.442. The summed E-state index contributed by atoms with van der Waals surface area (Å²) in [5.41, 5.74) is 4.43. The van der Waals surface area contributed by atoms with Gasteiger partial charge in [-0.1, -0.05) is 41.3 Å². The minimum absolute atomic E-state index is 0.825. The second-order valence-corrected chi connectivity index (χ2v) is 5.65. The zero-order chi connectivity index (χ0) is 10.8. The van der Waals surface area contributed by atoms with Crippen LogP contribution in [0.2, 0.25) is 0 Å². The molecule has 1 heteroatoms. The fraction of sp³-hybridized carbons (Fsp3) is 0.571. The average molecular weight is 267 g/mol. The van der Waals surface area contributed by atoms with E-state index in [2.05, 4.69) is 41.9 Å². The van der Waals surface area contributed by atoms with Crippen molar-refractivity contribution in [1.82, 2.24) is 0 Å². The molecule has 0 atom stereocenters. The second-order valence-electron chi connectivity index (χ2n) is 4.79. The van der Waals surface area contributed by atoms with Gasteiger partial charge in [0.15, 0.2) is 0 Å². The topological polar surface area (TPSA) is 0 Å². The molecule has 0 radical (unpaired) electrons. The molecule has 2 rings (SSSR count). The monoisotopic (exact) mass is 266 g/mol. The summed E-state index contributed by atoms with van der Waals surface area (Å²) in [4.78, 5) is 0. The highest BCUT2D eigenvalue weighted by atomic mass is 79.9. The summed E-state index contributed by atoms with van der Waals surface area (Å²) >= 11 is 3.60. The zero-order valence-electron chi connectivity index (χ0n) is 9.65. The summed E-state index contributed by atoms with van der Waals surface area (Å²) in [7, 11) is 0. The molecule has 0 aliphatic heterocycles. The van der Waals surface area contributed by atoms with Gasteiger partial charge in [0.1, 0.15) is 0 Å². The molecule has 1 aromatic carbocycles. The number of hydrogen-bond acceptors (Lipinski definition) is 0. The van der Waals surface area contributed by atoms with Gasteiger partial charge < -0.3 is 0 Å². The van der Waals surface area contributed by atoms with E-state index in [0.717, 1.165) is 5.92 Å². The summed E-state index contributed by atoms with van der Waals surface area (Å²) in [6.07, 6.45) is 7.05. The number of rotatable bonds is 1. The van der Waals surface area contributed by atoms with Crippen molar-refractivity contribution in [1.29, 1.82) is 0 Å². The highest BCUT2D eigenvalue weighted by Gasteiger charge is 2.17. The van der Waals surface area contributed by atoms with Crippen molar-refractivity contribution in [2.45, 2.75) is 51.9 Å². The molecule has 0 aromatic heterocycles. The third-order valence-electron chi connectivity index (χ3n) is 3.59. The smallest absolute Gasteiger partial charge is 0.0207 e. The Morgan fingerprint density at radius 2 is 1.67 bits per heavy atom. The van der Waals surface area contributed by atoms with Crippen LogP contribution in [0.5, 0.6) is 0 Å². The summed E-state index contributed by atoms with van der Waals surface area (Å²) in [5.74, 6) is 0.825. The molecule has 1 fully saturated rings. The van der Waals surface area contributed by atoms with Crippen LogP contribution in [0.1, 0.15) is 54.7 Å². The molecule has 1 saturated carbocycles. The van der Waals surface area contributed by atoms with Crippen molar-refractivity contribution in [2.24, 2.45) is 0 Å². The van der Waals surface area contributed by atoms with Crippen LogP contribution >= 0.6 is 15.9 Å². The van der Waals surface area contributed by atoms with Gasteiger partial charge in [-0.2, -0.15) is 0 Å². The molecule has 0 nitrogen and oxygen atoms in total. The average Bonchev–Trinajstić information content (AvgIpc) is 2.25. The van der Waals surface area contributed by atoms with E-state index in [1.165, 1.54) is 47.7 Å². The van der Waals surface area contributed by atoms with Crippen molar-refractivity contribution in [3.63, 3.8) is 0 Å². The summed E-state index contributed by atoms with van der Waals surface area (Å²) in [6.45, 7) is 4.43. The van der Waals surface area contributed by atoms with Gasteiger partial charge in [0.2, 0.25) is 0 Å². The Hall–Kier alpha value is -0.300. The van der Waals surface area contributed by atoms with Crippen LogP contribution in [0.25, 0.3) is 0 Å². The highest BCUT2D eigenvalue weighted by molar-refractivity contribution is 9.10. The molecule has 0 unspecified atom stereocenters. The van der Waals surface area contributed by atoms with Crippen LogP contribution < -0.4 is 0 Å². The molecule has 82 valence electrons. The Bertz CT molecular complexity index is 349. The third kappa shape index (κ3) is 2.44. The van der Waals surface area contributed by atoms with Crippen molar-refractivity contribution in [2.75, 3.05) is 0 Å². The maximum absolute atomic E-state index is 3.60. The fourth-order valence-corrected chi connectivity index (χ4v) is 3.11. The van der Waals surface area contributed by atoms with Crippen LogP contribution in [0.4, 0.5) is 0 Å². The van der Waals surface area contributed by atoms with E-state index in [0.29, 0.717) is 0 Å². The van der Waals surface area contributed by atoms with E-state index in [-0.39, 0.29) is 0 Å². The first kappa shape index (κ1) is 11.2. The molecule has 1 aliphatic carbocycles.